The van der Waals surface area contributed by atoms with E-state index in [-0.39, 0.29) is 18.1 Å². The van der Waals surface area contributed by atoms with Gasteiger partial charge in [-0.3, -0.25) is 14.6 Å². The number of methoxy groups -OCH3 is 1. The van der Waals surface area contributed by atoms with E-state index in [9.17, 15) is 22.8 Å². The molecule has 0 aliphatic heterocycles. The second-order valence-corrected chi connectivity index (χ2v) is 8.09. The molecule has 34 heavy (non-hydrogen) atoms. The summed E-state index contributed by atoms with van der Waals surface area (Å²) < 4.78 is 42.8. The van der Waals surface area contributed by atoms with Gasteiger partial charge in [-0.15, -0.1) is 0 Å². The van der Waals surface area contributed by atoms with Crippen molar-refractivity contribution in [1.29, 1.82) is 0 Å². The zero-order valence-electron chi connectivity index (χ0n) is 18.8. The lowest BCUT2D eigenvalue weighted by molar-refractivity contribution is -0.143. The third-order valence-electron chi connectivity index (χ3n) is 5.35. The van der Waals surface area contributed by atoms with Crippen LogP contribution in [0.1, 0.15) is 19.4 Å². The largest absolute Gasteiger partial charge is 0.405 e. The Hall–Kier alpha value is -3.51. The number of nitrogens with one attached hydrogen (secondary N) is 3. The first kappa shape index (κ1) is 25.1. The lowest BCUT2D eigenvalue weighted by Crippen LogP contribution is -2.56. The average molecular weight is 478 g/mol. The van der Waals surface area contributed by atoms with Crippen LogP contribution in [0.15, 0.2) is 36.9 Å². The summed E-state index contributed by atoms with van der Waals surface area (Å²) in [5.74, 6) is -1.84. The van der Waals surface area contributed by atoms with Crippen molar-refractivity contribution in [1.82, 2.24) is 20.3 Å². The standard InChI is InChI=1S/C22H25F3N6O3/c1-12(2)22(26,20(33)30-11-21(23,24)25)14-4-13(6-27-7-14)17-9-29-19-16(17)5-15(8-28-19)31-18(32)10-34-3/h4-9,12H,10-11,26H2,1-3H3,(H,28,29)(H,30,33)(H,31,32)/t22-/m1/s1. The smallest absolute Gasteiger partial charge is 0.375 e. The first-order valence-corrected chi connectivity index (χ1v) is 10.3. The van der Waals surface area contributed by atoms with Crippen molar-refractivity contribution in [2.45, 2.75) is 25.6 Å². The number of pyridine rings is 2. The predicted octanol–water partition coefficient (Wildman–Crippen LogP) is 2.70. The molecule has 0 radical (unpaired) electrons. The Balaban J connectivity index is 1.99. The highest BCUT2D eigenvalue weighted by atomic mass is 19.4. The van der Waals surface area contributed by atoms with Gasteiger partial charge in [-0.2, -0.15) is 13.2 Å². The van der Waals surface area contributed by atoms with Crippen molar-refractivity contribution >= 4 is 28.5 Å². The Labute approximate surface area is 193 Å². The minimum atomic E-state index is -4.57. The first-order valence-electron chi connectivity index (χ1n) is 10.3. The van der Waals surface area contributed by atoms with Crippen LogP contribution in [-0.4, -0.2) is 53.2 Å². The van der Waals surface area contributed by atoms with E-state index in [1.807, 2.05) is 5.32 Å². The van der Waals surface area contributed by atoms with E-state index in [4.69, 9.17) is 10.5 Å². The molecule has 3 aromatic rings. The summed E-state index contributed by atoms with van der Waals surface area (Å²) in [6.07, 6.45) is 1.49. The molecule has 0 unspecified atom stereocenters. The van der Waals surface area contributed by atoms with Gasteiger partial charge in [0.05, 0.1) is 11.9 Å². The van der Waals surface area contributed by atoms with Gasteiger partial charge in [-0.25, -0.2) is 4.98 Å². The zero-order valence-corrected chi connectivity index (χ0v) is 18.8. The number of alkyl halides is 3. The zero-order chi connectivity index (χ0) is 25.1. The van der Waals surface area contributed by atoms with Gasteiger partial charge in [0.25, 0.3) is 0 Å². The van der Waals surface area contributed by atoms with E-state index in [0.717, 1.165) is 0 Å². The summed E-state index contributed by atoms with van der Waals surface area (Å²) >= 11 is 0. The van der Waals surface area contributed by atoms with Crippen molar-refractivity contribution < 1.29 is 27.5 Å². The Morgan fingerprint density at radius 3 is 2.59 bits per heavy atom. The third-order valence-corrected chi connectivity index (χ3v) is 5.35. The van der Waals surface area contributed by atoms with Crippen molar-refractivity contribution in [3.63, 3.8) is 0 Å². The molecule has 182 valence electrons. The minimum Gasteiger partial charge on any atom is -0.375 e. The minimum absolute atomic E-state index is 0.117. The molecule has 0 bridgehead atoms. The maximum absolute atomic E-state index is 12.7. The fourth-order valence-corrected chi connectivity index (χ4v) is 3.51. The van der Waals surface area contributed by atoms with Gasteiger partial charge in [0.2, 0.25) is 11.8 Å². The van der Waals surface area contributed by atoms with Crippen LogP contribution in [0, 0.1) is 5.92 Å². The monoisotopic (exact) mass is 478 g/mol. The summed E-state index contributed by atoms with van der Waals surface area (Å²) in [4.78, 5) is 36.1. The van der Waals surface area contributed by atoms with E-state index < -0.39 is 30.1 Å². The number of rotatable bonds is 8. The average Bonchev–Trinajstić information content (AvgIpc) is 3.19. The number of carbonyl (C=O) groups excluding carboxylic acids is 2. The van der Waals surface area contributed by atoms with Gasteiger partial charge in [-0.05, 0) is 18.1 Å². The molecule has 12 heteroatoms. The number of nitrogens with zero attached hydrogens (tertiary/aromatic N) is 2. The van der Waals surface area contributed by atoms with Gasteiger partial charge in [0.15, 0.2) is 0 Å². The maximum Gasteiger partial charge on any atom is 0.405 e. The van der Waals surface area contributed by atoms with Gasteiger partial charge in [0.1, 0.15) is 24.3 Å². The molecule has 3 aromatic heterocycles. The molecule has 1 atom stereocenters. The molecule has 9 nitrogen and oxygen atoms in total. The van der Waals surface area contributed by atoms with Crippen LogP contribution in [0.5, 0.6) is 0 Å². The Bertz CT molecular complexity index is 1190. The number of halogens is 3. The SMILES string of the molecule is COCC(=O)Nc1cnc2[nH]cc(-c3cncc([C@@](N)(C(=O)NCC(F)(F)F)C(C)C)c3)c2c1. The van der Waals surface area contributed by atoms with E-state index >= 15 is 0 Å². The molecule has 0 fully saturated rings. The van der Waals surface area contributed by atoms with E-state index in [1.54, 1.807) is 32.2 Å². The quantitative estimate of drug-likeness (QED) is 0.393. The van der Waals surface area contributed by atoms with E-state index in [2.05, 4.69) is 20.3 Å². The van der Waals surface area contributed by atoms with Crippen LogP contribution in [0.2, 0.25) is 0 Å². The molecule has 0 saturated carbocycles. The summed E-state index contributed by atoms with van der Waals surface area (Å²) in [5.41, 5.74) is 7.08. The highest BCUT2D eigenvalue weighted by Gasteiger charge is 2.41. The number of ether oxygens (including phenoxy) is 1. The summed E-state index contributed by atoms with van der Waals surface area (Å²) in [7, 11) is 1.41. The van der Waals surface area contributed by atoms with Crippen molar-refractivity contribution in [3.05, 3.63) is 42.5 Å². The number of hydrogen-bond acceptors (Lipinski definition) is 6. The summed E-state index contributed by atoms with van der Waals surface area (Å²) in [6.45, 7) is 1.68. The van der Waals surface area contributed by atoms with Crippen molar-refractivity contribution in [3.8, 4) is 11.1 Å². The number of aromatic nitrogens is 3. The number of H-pyrrole nitrogens is 1. The highest BCUT2D eigenvalue weighted by molar-refractivity contribution is 5.98. The number of amides is 2. The number of carbonyl (C=O) groups is 2. The topological polar surface area (TPSA) is 135 Å². The first-order chi connectivity index (χ1) is 16.0. The Kier molecular flexibility index (Phi) is 7.22. The van der Waals surface area contributed by atoms with Crippen molar-refractivity contribution in [2.24, 2.45) is 11.7 Å². The molecule has 5 N–H and O–H groups in total. The van der Waals surface area contributed by atoms with Crippen LogP contribution in [0.4, 0.5) is 18.9 Å². The molecular weight excluding hydrogens is 453 g/mol. The lowest BCUT2D eigenvalue weighted by Gasteiger charge is -2.32. The maximum atomic E-state index is 12.7. The van der Waals surface area contributed by atoms with Gasteiger partial charge in [-0.1, -0.05) is 13.8 Å². The molecule has 0 saturated heterocycles. The lowest BCUT2D eigenvalue weighted by atomic mass is 9.80. The number of aromatic amines is 1. The highest BCUT2D eigenvalue weighted by Crippen LogP contribution is 2.33. The van der Waals surface area contributed by atoms with Crippen LogP contribution in [0.25, 0.3) is 22.2 Å². The Morgan fingerprint density at radius 1 is 1.21 bits per heavy atom. The second kappa shape index (κ2) is 9.77. The second-order valence-electron chi connectivity index (χ2n) is 8.09. The van der Waals surface area contributed by atoms with Gasteiger partial charge in [0, 0.05) is 47.8 Å². The normalized spacial score (nSPS) is 13.6. The number of fused-ring (bicyclic) bond motifs is 1. The van der Waals surface area contributed by atoms with Crippen LogP contribution in [0.3, 0.4) is 0 Å². The molecule has 0 aromatic carbocycles. The third kappa shape index (κ3) is 5.34. The molecule has 3 heterocycles. The van der Waals surface area contributed by atoms with Gasteiger partial charge >= 0.3 is 6.18 Å². The van der Waals surface area contributed by atoms with E-state index in [1.165, 1.54) is 25.7 Å². The molecular formula is C22H25F3N6O3. The fraction of sp³-hybridized carbons (Fsp3) is 0.364. The Morgan fingerprint density at radius 2 is 1.94 bits per heavy atom. The molecule has 3 rings (SSSR count). The fourth-order valence-electron chi connectivity index (χ4n) is 3.51. The van der Waals surface area contributed by atoms with E-state index in [0.29, 0.717) is 27.8 Å². The number of hydrogen-bond donors (Lipinski definition) is 4. The van der Waals surface area contributed by atoms with Gasteiger partial charge < -0.3 is 26.1 Å². The summed E-state index contributed by atoms with van der Waals surface area (Å²) in [6, 6.07) is 3.32. The van der Waals surface area contributed by atoms with Crippen LogP contribution >= 0.6 is 0 Å². The predicted molar refractivity (Wildman–Crippen MR) is 120 cm³/mol. The molecule has 0 aliphatic carbocycles. The molecule has 0 aliphatic rings. The summed E-state index contributed by atoms with van der Waals surface area (Å²) in [5, 5.41) is 5.21. The molecule has 0 spiro atoms. The number of nitrogens with two attached hydrogens (primary N) is 1. The van der Waals surface area contributed by atoms with Crippen molar-refractivity contribution in [2.75, 3.05) is 25.6 Å². The molecule has 2 amide bonds. The number of anilines is 1. The van der Waals surface area contributed by atoms with Crippen LogP contribution in [-0.2, 0) is 19.9 Å². The van der Waals surface area contributed by atoms with Crippen LogP contribution < -0.4 is 16.4 Å².